The highest BCUT2D eigenvalue weighted by Crippen LogP contribution is 2.32. The van der Waals surface area contributed by atoms with Crippen molar-refractivity contribution in [2.75, 3.05) is 34.4 Å². The van der Waals surface area contributed by atoms with E-state index >= 15 is 0 Å². The van der Waals surface area contributed by atoms with Crippen LogP contribution in [0.4, 0.5) is 23.3 Å². The van der Waals surface area contributed by atoms with E-state index in [0.29, 0.717) is 54.3 Å². The van der Waals surface area contributed by atoms with E-state index in [2.05, 4.69) is 20.6 Å². The fourth-order valence-electron chi connectivity index (χ4n) is 2.98. The highest BCUT2D eigenvalue weighted by Gasteiger charge is 2.26. The Balaban J connectivity index is 1.91. The minimum absolute atomic E-state index is 0.197. The van der Waals surface area contributed by atoms with Crippen LogP contribution in [-0.4, -0.2) is 39.8 Å². The van der Waals surface area contributed by atoms with Crippen molar-refractivity contribution in [1.82, 2.24) is 9.97 Å². The Kier molecular flexibility index (Phi) is 5.62. The highest BCUT2D eigenvalue weighted by molar-refractivity contribution is 6.31. The molecule has 3 rings (SSSR count). The van der Waals surface area contributed by atoms with E-state index < -0.39 is 0 Å². The van der Waals surface area contributed by atoms with Gasteiger partial charge in [0.15, 0.2) is 11.6 Å². The molecule has 5 N–H and O–H groups in total. The van der Waals surface area contributed by atoms with Gasteiger partial charge in [0.2, 0.25) is 5.95 Å². The molecular weight excluding hydrogens is 364 g/mol. The SMILES string of the molecule is CC(C)(C)Nc1nc(NCc2ccccc2Cl)c(N)c(N2CCC(O)C2)n1. The van der Waals surface area contributed by atoms with Crippen LogP contribution < -0.4 is 21.3 Å². The zero-order valence-corrected chi connectivity index (χ0v) is 16.7. The van der Waals surface area contributed by atoms with E-state index in [9.17, 15) is 5.11 Å². The molecule has 0 saturated carbocycles. The van der Waals surface area contributed by atoms with Gasteiger partial charge in [-0.1, -0.05) is 29.8 Å². The van der Waals surface area contributed by atoms with Crippen molar-refractivity contribution in [3.8, 4) is 0 Å². The molecule has 0 spiro atoms. The van der Waals surface area contributed by atoms with Crippen molar-refractivity contribution in [1.29, 1.82) is 0 Å². The quantitative estimate of drug-likeness (QED) is 0.622. The van der Waals surface area contributed by atoms with Crippen LogP contribution in [0.15, 0.2) is 24.3 Å². The lowest BCUT2D eigenvalue weighted by molar-refractivity contribution is 0.198. The third-order valence-corrected chi connectivity index (χ3v) is 4.65. The summed E-state index contributed by atoms with van der Waals surface area (Å²) < 4.78 is 0. The van der Waals surface area contributed by atoms with E-state index in [0.717, 1.165) is 5.56 Å². The number of benzene rings is 1. The van der Waals surface area contributed by atoms with Crippen LogP contribution in [0.1, 0.15) is 32.8 Å². The number of halogens is 1. The van der Waals surface area contributed by atoms with Crippen molar-refractivity contribution < 1.29 is 5.11 Å². The summed E-state index contributed by atoms with van der Waals surface area (Å²) in [6, 6.07) is 7.65. The lowest BCUT2D eigenvalue weighted by atomic mass is 10.1. The molecule has 1 unspecified atom stereocenters. The summed E-state index contributed by atoms with van der Waals surface area (Å²) in [5.74, 6) is 1.68. The van der Waals surface area contributed by atoms with E-state index in [4.69, 9.17) is 17.3 Å². The zero-order chi connectivity index (χ0) is 19.6. The predicted molar refractivity (Wildman–Crippen MR) is 111 cm³/mol. The van der Waals surface area contributed by atoms with Gasteiger partial charge in [0, 0.05) is 30.2 Å². The van der Waals surface area contributed by atoms with E-state index in [1.54, 1.807) is 0 Å². The number of aromatic nitrogens is 2. The third-order valence-electron chi connectivity index (χ3n) is 4.28. The van der Waals surface area contributed by atoms with Gasteiger partial charge in [0.25, 0.3) is 0 Å². The minimum atomic E-state index is -0.363. The number of rotatable bonds is 5. The van der Waals surface area contributed by atoms with E-state index in [1.807, 2.05) is 49.9 Å². The second-order valence-electron chi connectivity index (χ2n) is 7.84. The minimum Gasteiger partial charge on any atom is -0.393 e. The summed E-state index contributed by atoms with van der Waals surface area (Å²) in [6.45, 7) is 7.86. The van der Waals surface area contributed by atoms with Gasteiger partial charge in [0.1, 0.15) is 5.69 Å². The number of nitrogen functional groups attached to an aromatic ring is 1. The average Bonchev–Trinajstić information content (AvgIpc) is 3.01. The smallest absolute Gasteiger partial charge is 0.227 e. The van der Waals surface area contributed by atoms with Crippen LogP contribution in [-0.2, 0) is 6.54 Å². The highest BCUT2D eigenvalue weighted by atomic mass is 35.5. The Labute approximate surface area is 165 Å². The molecule has 0 bridgehead atoms. The van der Waals surface area contributed by atoms with Gasteiger partial charge in [-0.05, 0) is 38.8 Å². The summed E-state index contributed by atoms with van der Waals surface area (Å²) in [4.78, 5) is 11.2. The summed E-state index contributed by atoms with van der Waals surface area (Å²) in [5, 5.41) is 17.2. The normalized spacial score (nSPS) is 17.2. The van der Waals surface area contributed by atoms with Crippen LogP contribution in [0, 0.1) is 0 Å². The lowest BCUT2D eigenvalue weighted by Gasteiger charge is -2.25. The van der Waals surface area contributed by atoms with Crippen LogP contribution in [0.3, 0.4) is 0 Å². The molecular formula is C19H27ClN6O. The molecule has 7 nitrogen and oxygen atoms in total. The number of nitrogens with two attached hydrogens (primary N) is 1. The fraction of sp³-hybridized carbons (Fsp3) is 0.474. The van der Waals surface area contributed by atoms with Crippen LogP contribution >= 0.6 is 11.6 Å². The number of nitrogens with zero attached hydrogens (tertiary/aromatic N) is 3. The maximum absolute atomic E-state index is 9.89. The van der Waals surface area contributed by atoms with Crippen molar-refractivity contribution in [2.45, 2.75) is 45.4 Å². The zero-order valence-electron chi connectivity index (χ0n) is 16.0. The van der Waals surface area contributed by atoms with Gasteiger partial charge < -0.3 is 26.4 Å². The van der Waals surface area contributed by atoms with E-state index in [1.165, 1.54) is 0 Å². The Morgan fingerprint density at radius 1 is 1.30 bits per heavy atom. The van der Waals surface area contributed by atoms with Crippen molar-refractivity contribution in [2.24, 2.45) is 0 Å². The second-order valence-corrected chi connectivity index (χ2v) is 8.25. The van der Waals surface area contributed by atoms with Gasteiger partial charge in [-0.2, -0.15) is 9.97 Å². The number of β-amino-alcohol motifs (C(OH)–C–C–N with tert-alkyl or cyclic N) is 1. The number of hydrogen-bond donors (Lipinski definition) is 4. The largest absolute Gasteiger partial charge is 0.393 e. The molecule has 1 aromatic carbocycles. The second kappa shape index (κ2) is 7.78. The molecule has 0 aliphatic carbocycles. The fourth-order valence-corrected chi connectivity index (χ4v) is 3.18. The third kappa shape index (κ3) is 4.93. The predicted octanol–water partition coefficient (Wildman–Crippen LogP) is 3.11. The molecule has 2 aromatic rings. The first kappa shape index (κ1) is 19.5. The Morgan fingerprint density at radius 3 is 2.67 bits per heavy atom. The first-order valence-corrected chi connectivity index (χ1v) is 9.47. The van der Waals surface area contributed by atoms with Crippen molar-refractivity contribution in [3.05, 3.63) is 34.9 Å². The molecule has 146 valence electrons. The number of nitrogens with one attached hydrogen (secondary N) is 2. The maximum atomic E-state index is 9.89. The standard InChI is InChI=1S/C19H27ClN6O/c1-19(2,3)25-18-23-16(22-10-12-6-4-5-7-14(12)20)15(21)17(24-18)26-9-8-13(27)11-26/h4-7,13,27H,8-11,21H2,1-3H3,(H2,22,23,24,25). The van der Waals surface area contributed by atoms with Gasteiger partial charge in [0.05, 0.1) is 6.10 Å². The molecule has 27 heavy (non-hydrogen) atoms. The first-order valence-electron chi connectivity index (χ1n) is 9.09. The van der Waals surface area contributed by atoms with Crippen LogP contribution in [0.5, 0.6) is 0 Å². The molecule has 2 heterocycles. The number of aliphatic hydroxyl groups is 1. The van der Waals surface area contributed by atoms with Gasteiger partial charge in [-0.15, -0.1) is 0 Å². The molecule has 8 heteroatoms. The number of aliphatic hydroxyl groups excluding tert-OH is 1. The Hall–Kier alpha value is -2.25. The average molecular weight is 391 g/mol. The lowest BCUT2D eigenvalue weighted by Crippen LogP contribution is -2.29. The maximum Gasteiger partial charge on any atom is 0.227 e. The Bertz CT molecular complexity index is 807. The van der Waals surface area contributed by atoms with Gasteiger partial charge >= 0.3 is 0 Å². The molecule has 1 aliphatic heterocycles. The summed E-state index contributed by atoms with van der Waals surface area (Å²) in [5.41, 5.74) is 7.60. The number of hydrogen-bond acceptors (Lipinski definition) is 7. The topological polar surface area (TPSA) is 99.3 Å². The molecule has 1 fully saturated rings. The van der Waals surface area contributed by atoms with Crippen molar-refractivity contribution in [3.63, 3.8) is 0 Å². The first-order chi connectivity index (χ1) is 12.7. The molecule has 1 saturated heterocycles. The number of anilines is 4. The molecule has 1 atom stereocenters. The molecule has 0 radical (unpaired) electrons. The summed E-state index contributed by atoms with van der Waals surface area (Å²) in [6.07, 6.45) is 0.339. The van der Waals surface area contributed by atoms with Crippen molar-refractivity contribution >= 4 is 34.9 Å². The summed E-state index contributed by atoms with van der Waals surface area (Å²) in [7, 11) is 0. The van der Waals surface area contributed by atoms with Gasteiger partial charge in [-0.25, -0.2) is 0 Å². The van der Waals surface area contributed by atoms with Gasteiger partial charge in [-0.3, -0.25) is 0 Å². The van der Waals surface area contributed by atoms with Crippen LogP contribution in [0.2, 0.25) is 5.02 Å². The molecule has 0 amide bonds. The van der Waals surface area contributed by atoms with Crippen LogP contribution in [0.25, 0.3) is 0 Å². The van der Waals surface area contributed by atoms with E-state index in [-0.39, 0.29) is 11.6 Å². The molecule has 1 aliphatic rings. The molecule has 1 aromatic heterocycles. The monoisotopic (exact) mass is 390 g/mol. The summed E-state index contributed by atoms with van der Waals surface area (Å²) >= 11 is 6.25. The Morgan fingerprint density at radius 2 is 2.04 bits per heavy atom.